The topological polar surface area (TPSA) is 265 Å². The number of rotatable bonds is 14. The molecular weight excluding hydrogens is 416 g/mol. The minimum Gasteiger partial charge on any atom is -0.370 e. The van der Waals surface area contributed by atoms with Gasteiger partial charge in [0.2, 0.25) is 11.8 Å². The van der Waals surface area contributed by atoms with E-state index < -0.39 is 12.1 Å². The van der Waals surface area contributed by atoms with Crippen LogP contribution in [0.3, 0.4) is 0 Å². The van der Waals surface area contributed by atoms with Gasteiger partial charge >= 0.3 is 5.96 Å². The summed E-state index contributed by atoms with van der Waals surface area (Å²) >= 11 is 0. The van der Waals surface area contributed by atoms with Gasteiger partial charge in [0, 0.05) is 44.8 Å². The standard InChI is InChI=1S/C18H40N12O2/c19-13(3-1-5-25-17(21)22)15(31)29-9-11-7-28-12(8-27-11)10-30-16(32)14(20)4-2-6-26-18(23)24/h11-14,27-28H,1-10,19-20H2,(H,29,31)(H,30,32)(H4,21,22,25)(H4,23,24,26)/p+1. The van der Waals surface area contributed by atoms with Gasteiger partial charge in [0.1, 0.15) is 0 Å². The average molecular weight is 458 g/mol. The second kappa shape index (κ2) is 15.2. The predicted molar refractivity (Wildman–Crippen MR) is 124 cm³/mol. The number of piperazine rings is 1. The van der Waals surface area contributed by atoms with E-state index in [4.69, 9.17) is 34.4 Å². The van der Waals surface area contributed by atoms with E-state index in [-0.39, 0.29) is 35.8 Å². The van der Waals surface area contributed by atoms with E-state index in [0.717, 1.165) is 0 Å². The zero-order valence-electron chi connectivity index (χ0n) is 18.6. The summed E-state index contributed by atoms with van der Waals surface area (Å²) in [5, 5.41) is 12.4. The lowest BCUT2D eigenvalue weighted by atomic mass is 10.1. The maximum absolute atomic E-state index is 12.1. The SMILES string of the molecule is NC(N)=NCCCC(N)C(=O)NCC1CNC(CNC(=O)C(N)CCC[NH+]=C(N)N)CN1. The van der Waals surface area contributed by atoms with Gasteiger partial charge in [-0.05, 0) is 25.7 Å². The van der Waals surface area contributed by atoms with Crippen molar-refractivity contribution in [2.24, 2.45) is 39.4 Å². The van der Waals surface area contributed by atoms with Crippen LogP contribution in [0.4, 0.5) is 0 Å². The van der Waals surface area contributed by atoms with Crippen molar-refractivity contribution in [1.29, 1.82) is 0 Å². The van der Waals surface area contributed by atoms with Crippen molar-refractivity contribution in [3.05, 3.63) is 0 Å². The van der Waals surface area contributed by atoms with Gasteiger partial charge in [-0.3, -0.25) is 31.0 Å². The molecule has 14 nitrogen and oxygen atoms in total. The molecule has 1 saturated heterocycles. The quantitative estimate of drug-likeness (QED) is 0.0666. The van der Waals surface area contributed by atoms with Crippen LogP contribution < -0.4 is 60.7 Å². The van der Waals surface area contributed by atoms with Gasteiger partial charge in [-0.15, -0.1) is 0 Å². The van der Waals surface area contributed by atoms with Crippen molar-refractivity contribution >= 4 is 23.7 Å². The summed E-state index contributed by atoms with van der Waals surface area (Å²) in [5.74, 6) is -0.221. The van der Waals surface area contributed by atoms with Crippen molar-refractivity contribution in [1.82, 2.24) is 21.3 Å². The van der Waals surface area contributed by atoms with E-state index >= 15 is 0 Å². The minimum absolute atomic E-state index is 0.0281. The lowest BCUT2D eigenvalue weighted by Crippen LogP contribution is -2.78. The zero-order valence-corrected chi connectivity index (χ0v) is 18.6. The highest BCUT2D eigenvalue weighted by atomic mass is 16.2. The van der Waals surface area contributed by atoms with Gasteiger partial charge in [0.15, 0.2) is 5.96 Å². The third kappa shape index (κ3) is 12.2. The molecule has 17 N–H and O–H groups in total. The fourth-order valence-electron chi connectivity index (χ4n) is 3.10. The van der Waals surface area contributed by atoms with Crippen molar-refractivity contribution in [2.45, 2.75) is 49.9 Å². The third-order valence-corrected chi connectivity index (χ3v) is 5.01. The molecule has 0 bridgehead atoms. The molecule has 1 aliphatic rings. The number of nitrogens with one attached hydrogen (secondary N) is 5. The summed E-state index contributed by atoms with van der Waals surface area (Å²) in [5.41, 5.74) is 32.9. The monoisotopic (exact) mass is 457 g/mol. The van der Waals surface area contributed by atoms with Crippen molar-refractivity contribution in [3.63, 3.8) is 0 Å². The first-order valence-corrected chi connectivity index (χ1v) is 10.9. The summed E-state index contributed by atoms with van der Waals surface area (Å²) in [6.45, 7) is 3.22. The van der Waals surface area contributed by atoms with Crippen molar-refractivity contribution in [2.75, 3.05) is 39.3 Å². The number of carbonyl (C=O) groups excluding carboxylic acids is 2. The second-order valence-corrected chi connectivity index (χ2v) is 7.89. The van der Waals surface area contributed by atoms with Crippen LogP contribution in [0.5, 0.6) is 0 Å². The van der Waals surface area contributed by atoms with Gasteiger partial charge in [0.05, 0.1) is 18.6 Å². The Morgan fingerprint density at radius 3 is 1.84 bits per heavy atom. The molecule has 0 aromatic heterocycles. The van der Waals surface area contributed by atoms with Crippen LogP contribution in [-0.2, 0) is 9.59 Å². The molecule has 0 aliphatic carbocycles. The fourth-order valence-corrected chi connectivity index (χ4v) is 3.10. The van der Waals surface area contributed by atoms with Crippen LogP contribution in [0.1, 0.15) is 25.7 Å². The van der Waals surface area contributed by atoms with Crippen LogP contribution in [0.2, 0.25) is 0 Å². The maximum atomic E-state index is 12.1. The predicted octanol–water partition coefficient (Wildman–Crippen LogP) is -7.01. The number of nitrogens with two attached hydrogens (primary N) is 6. The van der Waals surface area contributed by atoms with Gasteiger partial charge in [-0.25, -0.2) is 0 Å². The second-order valence-electron chi connectivity index (χ2n) is 7.89. The summed E-state index contributed by atoms with van der Waals surface area (Å²) in [7, 11) is 0. The number of carbonyl (C=O) groups is 2. The number of hydrogen-bond acceptors (Lipinski definition) is 7. The van der Waals surface area contributed by atoms with Crippen molar-refractivity contribution < 1.29 is 14.6 Å². The van der Waals surface area contributed by atoms with Crippen LogP contribution in [0.15, 0.2) is 4.99 Å². The van der Waals surface area contributed by atoms with E-state index in [1.165, 1.54) is 0 Å². The molecule has 2 amide bonds. The van der Waals surface area contributed by atoms with Gasteiger partial charge in [-0.2, -0.15) is 0 Å². The summed E-state index contributed by atoms with van der Waals surface area (Å²) in [6.07, 6.45) is 2.34. The van der Waals surface area contributed by atoms with Crippen LogP contribution >= 0.6 is 0 Å². The van der Waals surface area contributed by atoms with Crippen LogP contribution in [0.25, 0.3) is 0 Å². The molecule has 32 heavy (non-hydrogen) atoms. The summed E-state index contributed by atoms with van der Waals surface area (Å²) < 4.78 is 0. The fraction of sp³-hybridized carbons (Fsp3) is 0.778. The highest BCUT2D eigenvalue weighted by Gasteiger charge is 2.22. The smallest absolute Gasteiger partial charge is 0.338 e. The molecule has 0 aromatic rings. The molecular formula is C18H41N12O2+. The van der Waals surface area contributed by atoms with Crippen LogP contribution in [-0.4, -0.2) is 87.2 Å². The Balaban J connectivity index is 2.16. The number of guanidine groups is 2. The highest BCUT2D eigenvalue weighted by Crippen LogP contribution is 1.98. The normalized spacial score (nSPS) is 19.9. The van der Waals surface area contributed by atoms with Gasteiger partial charge in [0.25, 0.3) is 0 Å². The molecule has 0 radical (unpaired) electrons. The lowest BCUT2D eigenvalue weighted by molar-refractivity contribution is -0.459. The Hall–Kier alpha value is -2.68. The lowest BCUT2D eigenvalue weighted by Gasteiger charge is -2.32. The first kappa shape index (κ1) is 27.4. The molecule has 1 fully saturated rings. The molecule has 14 heteroatoms. The third-order valence-electron chi connectivity index (χ3n) is 5.01. The van der Waals surface area contributed by atoms with Crippen LogP contribution in [0, 0.1) is 0 Å². The molecule has 1 aliphatic heterocycles. The Morgan fingerprint density at radius 1 is 0.906 bits per heavy atom. The van der Waals surface area contributed by atoms with Crippen molar-refractivity contribution in [3.8, 4) is 0 Å². The Kier molecular flexibility index (Phi) is 13.0. The highest BCUT2D eigenvalue weighted by molar-refractivity contribution is 5.81. The van der Waals surface area contributed by atoms with Gasteiger partial charge < -0.3 is 44.2 Å². The first-order chi connectivity index (χ1) is 15.2. The van der Waals surface area contributed by atoms with E-state index in [0.29, 0.717) is 65.0 Å². The largest absolute Gasteiger partial charge is 0.370 e. The number of nitrogens with zero attached hydrogens (tertiary/aromatic N) is 1. The maximum Gasteiger partial charge on any atom is 0.338 e. The summed E-state index contributed by atoms with van der Waals surface area (Å²) in [4.78, 5) is 30.9. The molecule has 4 atom stereocenters. The Morgan fingerprint density at radius 2 is 1.41 bits per heavy atom. The van der Waals surface area contributed by atoms with E-state index in [1.807, 2.05) is 0 Å². The van der Waals surface area contributed by atoms with Gasteiger partial charge in [-0.1, -0.05) is 0 Å². The molecule has 1 heterocycles. The molecule has 4 unspecified atom stereocenters. The molecule has 0 saturated carbocycles. The minimum atomic E-state index is -0.602. The van der Waals surface area contributed by atoms with E-state index in [9.17, 15) is 9.59 Å². The number of aliphatic imine (C=N–C) groups is 1. The zero-order chi connectivity index (χ0) is 23.9. The molecule has 1 rings (SSSR count). The molecule has 0 aromatic carbocycles. The molecule has 0 spiro atoms. The Bertz CT molecular complexity index is 571. The first-order valence-electron chi connectivity index (χ1n) is 10.9. The van der Waals surface area contributed by atoms with E-state index in [2.05, 4.69) is 31.3 Å². The number of amides is 2. The average Bonchev–Trinajstić information content (AvgIpc) is 2.76. The number of hydrogen-bond donors (Lipinski definition) is 11. The summed E-state index contributed by atoms with van der Waals surface area (Å²) in [6, 6.07) is -1.04. The molecule has 184 valence electrons. The van der Waals surface area contributed by atoms with E-state index in [1.54, 1.807) is 0 Å². The Labute approximate surface area is 188 Å².